The fourth-order valence-electron chi connectivity index (χ4n) is 2.24. The highest BCUT2D eigenvalue weighted by Gasteiger charge is 2.15. The highest BCUT2D eigenvalue weighted by atomic mass is 16.1. The van der Waals surface area contributed by atoms with Gasteiger partial charge >= 0.3 is 0 Å². The van der Waals surface area contributed by atoms with Crippen molar-refractivity contribution in [3.63, 3.8) is 0 Å². The molecular formula is C14H21N3O. The molecule has 0 saturated carbocycles. The first kappa shape index (κ1) is 12.9. The van der Waals surface area contributed by atoms with Crippen molar-refractivity contribution in [1.82, 2.24) is 10.6 Å². The highest BCUT2D eigenvalue weighted by molar-refractivity contribution is 5.77. The Balaban J connectivity index is 2.13. The van der Waals surface area contributed by atoms with Crippen molar-refractivity contribution in [2.75, 3.05) is 31.1 Å². The molecular weight excluding hydrogens is 226 g/mol. The van der Waals surface area contributed by atoms with E-state index in [1.165, 1.54) is 11.3 Å². The van der Waals surface area contributed by atoms with Crippen molar-refractivity contribution >= 4 is 11.6 Å². The van der Waals surface area contributed by atoms with Gasteiger partial charge in [-0.3, -0.25) is 4.79 Å². The van der Waals surface area contributed by atoms with Gasteiger partial charge in [0.2, 0.25) is 5.91 Å². The standard InChI is InChI=1S/C14H21N3O/c1-2-15-11-12-5-3-4-6-13(12)17-9-7-14(18)16-8-10-17/h3-6,15H,2,7-11H2,1H3,(H,16,18). The number of hydrogen-bond acceptors (Lipinski definition) is 3. The maximum atomic E-state index is 11.4. The lowest BCUT2D eigenvalue weighted by atomic mass is 10.1. The quantitative estimate of drug-likeness (QED) is 0.838. The van der Waals surface area contributed by atoms with Crippen LogP contribution < -0.4 is 15.5 Å². The Morgan fingerprint density at radius 2 is 2.17 bits per heavy atom. The summed E-state index contributed by atoms with van der Waals surface area (Å²) in [6.45, 7) is 6.37. The third kappa shape index (κ3) is 3.23. The molecule has 0 radical (unpaired) electrons. The highest BCUT2D eigenvalue weighted by Crippen LogP contribution is 2.21. The minimum Gasteiger partial charge on any atom is -0.369 e. The van der Waals surface area contributed by atoms with E-state index in [0.29, 0.717) is 6.42 Å². The summed E-state index contributed by atoms with van der Waals surface area (Å²) in [6.07, 6.45) is 0.579. The lowest BCUT2D eigenvalue weighted by Gasteiger charge is -2.24. The van der Waals surface area contributed by atoms with Crippen LogP contribution in [0.5, 0.6) is 0 Å². The Bertz CT molecular complexity index is 406. The lowest BCUT2D eigenvalue weighted by Crippen LogP contribution is -2.29. The minimum atomic E-state index is 0.154. The van der Waals surface area contributed by atoms with Gasteiger partial charge in [0.05, 0.1) is 0 Å². The number of nitrogens with one attached hydrogen (secondary N) is 2. The average Bonchev–Trinajstić information content (AvgIpc) is 2.61. The fraction of sp³-hybridized carbons (Fsp3) is 0.500. The molecule has 1 amide bonds. The number of carbonyl (C=O) groups is 1. The molecule has 1 aromatic carbocycles. The summed E-state index contributed by atoms with van der Waals surface area (Å²) in [5.41, 5.74) is 2.55. The van der Waals surface area contributed by atoms with Crippen molar-refractivity contribution in [3.05, 3.63) is 29.8 Å². The zero-order chi connectivity index (χ0) is 12.8. The van der Waals surface area contributed by atoms with Gasteiger partial charge in [-0.2, -0.15) is 0 Å². The Morgan fingerprint density at radius 3 is 3.00 bits per heavy atom. The van der Waals surface area contributed by atoms with Crippen LogP contribution in [0.3, 0.4) is 0 Å². The molecule has 2 N–H and O–H groups in total. The molecule has 2 rings (SSSR count). The van der Waals surface area contributed by atoms with E-state index in [-0.39, 0.29) is 5.91 Å². The predicted molar refractivity (Wildman–Crippen MR) is 73.7 cm³/mol. The Morgan fingerprint density at radius 1 is 1.33 bits per heavy atom. The number of benzene rings is 1. The number of hydrogen-bond donors (Lipinski definition) is 2. The second-order valence-electron chi connectivity index (χ2n) is 4.50. The van der Waals surface area contributed by atoms with Crippen LogP contribution in [0.15, 0.2) is 24.3 Å². The molecule has 0 atom stereocenters. The van der Waals surface area contributed by atoms with E-state index in [1.54, 1.807) is 0 Å². The normalized spacial score (nSPS) is 16.3. The molecule has 0 aliphatic carbocycles. The van der Waals surface area contributed by atoms with Crippen LogP contribution in [0.4, 0.5) is 5.69 Å². The number of carbonyl (C=O) groups excluding carboxylic acids is 1. The third-order valence-corrected chi connectivity index (χ3v) is 3.21. The van der Waals surface area contributed by atoms with Crippen molar-refractivity contribution in [2.24, 2.45) is 0 Å². The summed E-state index contributed by atoms with van der Waals surface area (Å²) in [4.78, 5) is 13.7. The molecule has 0 aromatic heterocycles. The third-order valence-electron chi connectivity index (χ3n) is 3.21. The zero-order valence-corrected chi connectivity index (χ0v) is 10.9. The van der Waals surface area contributed by atoms with Crippen LogP contribution in [0.2, 0.25) is 0 Å². The van der Waals surface area contributed by atoms with Gasteiger partial charge in [0.25, 0.3) is 0 Å². The SMILES string of the molecule is CCNCc1ccccc1N1CCNC(=O)CC1. The fourth-order valence-corrected chi connectivity index (χ4v) is 2.24. The summed E-state index contributed by atoms with van der Waals surface area (Å²) < 4.78 is 0. The van der Waals surface area contributed by atoms with Crippen molar-refractivity contribution in [3.8, 4) is 0 Å². The van der Waals surface area contributed by atoms with Crippen LogP contribution >= 0.6 is 0 Å². The number of nitrogens with zero attached hydrogens (tertiary/aromatic N) is 1. The molecule has 0 bridgehead atoms. The van der Waals surface area contributed by atoms with Gasteiger partial charge in [0.1, 0.15) is 0 Å². The van der Waals surface area contributed by atoms with Gasteiger partial charge in [-0.05, 0) is 18.2 Å². The smallest absolute Gasteiger partial charge is 0.221 e. The Hall–Kier alpha value is -1.55. The summed E-state index contributed by atoms with van der Waals surface area (Å²) in [7, 11) is 0. The summed E-state index contributed by atoms with van der Waals surface area (Å²) >= 11 is 0. The predicted octanol–water partition coefficient (Wildman–Crippen LogP) is 1.12. The maximum absolute atomic E-state index is 11.4. The first-order chi connectivity index (χ1) is 8.81. The first-order valence-corrected chi connectivity index (χ1v) is 6.61. The number of rotatable bonds is 4. The molecule has 1 saturated heterocycles. The Kier molecular flexibility index (Phi) is 4.59. The zero-order valence-electron chi connectivity index (χ0n) is 10.9. The molecule has 1 heterocycles. The van der Waals surface area contributed by atoms with Crippen molar-refractivity contribution < 1.29 is 4.79 Å². The van der Waals surface area contributed by atoms with E-state index < -0.39 is 0 Å². The van der Waals surface area contributed by atoms with Gasteiger partial charge in [0, 0.05) is 38.3 Å². The molecule has 1 aliphatic rings. The van der Waals surface area contributed by atoms with E-state index >= 15 is 0 Å². The minimum absolute atomic E-state index is 0.154. The van der Waals surface area contributed by atoms with Gasteiger partial charge < -0.3 is 15.5 Å². The number of anilines is 1. The molecule has 1 fully saturated rings. The molecule has 18 heavy (non-hydrogen) atoms. The molecule has 98 valence electrons. The molecule has 0 spiro atoms. The van der Waals surface area contributed by atoms with Crippen LogP contribution in [0.1, 0.15) is 18.9 Å². The van der Waals surface area contributed by atoms with E-state index in [2.05, 4.69) is 46.7 Å². The van der Waals surface area contributed by atoms with Crippen LogP contribution in [-0.2, 0) is 11.3 Å². The van der Waals surface area contributed by atoms with Crippen LogP contribution in [0.25, 0.3) is 0 Å². The van der Waals surface area contributed by atoms with Crippen molar-refractivity contribution in [1.29, 1.82) is 0 Å². The molecule has 1 aliphatic heterocycles. The molecule has 4 nitrogen and oxygen atoms in total. The van der Waals surface area contributed by atoms with E-state index in [0.717, 1.165) is 32.7 Å². The van der Waals surface area contributed by atoms with Crippen LogP contribution in [0, 0.1) is 0 Å². The summed E-state index contributed by atoms with van der Waals surface area (Å²) in [6, 6.07) is 8.42. The molecule has 4 heteroatoms. The monoisotopic (exact) mass is 247 g/mol. The lowest BCUT2D eigenvalue weighted by molar-refractivity contribution is -0.120. The topological polar surface area (TPSA) is 44.4 Å². The first-order valence-electron chi connectivity index (χ1n) is 6.61. The summed E-state index contributed by atoms with van der Waals surface area (Å²) in [5.74, 6) is 0.154. The second kappa shape index (κ2) is 6.40. The second-order valence-corrected chi connectivity index (χ2v) is 4.50. The number of amides is 1. The maximum Gasteiger partial charge on any atom is 0.221 e. The largest absolute Gasteiger partial charge is 0.369 e. The average molecular weight is 247 g/mol. The molecule has 0 unspecified atom stereocenters. The van der Waals surface area contributed by atoms with E-state index in [9.17, 15) is 4.79 Å². The summed E-state index contributed by atoms with van der Waals surface area (Å²) in [5, 5.41) is 6.27. The Labute approximate surface area is 108 Å². The van der Waals surface area contributed by atoms with Gasteiger partial charge in [-0.25, -0.2) is 0 Å². The van der Waals surface area contributed by atoms with E-state index in [4.69, 9.17) is 0 Å². The number of para-hydroxylation sites is 1. The van der Waals surface area contributed by atoms with Gasteiger partial charge in [-0.1, -0.05) is 25.1 Å². The van der Waals surface area contributed by atoms with Crippen LogP contribution in [-0.4, -0.2) is 32.1 Å². The molecule has 1 aromatic rings. The van der Waals surface area contributed by atoms with Gasteiger partial charge in [-0.15, -0.1) is 0 Å². The van der Waals surface area contributed by atoms with E-state index in [1.807, 2.05) is 0 Å². The van der Waals surface area contributed by atoms with Crippen molar-refractivity contribution in [2.45, 2.75) is 19.9 Å². The van der Waals surface area contributed by atoms with Gasteiger partial charge in [0.15, 0.2) is 0 Å².